The van der Waals surface area contributed by atoms with Crippen LogP contribution in [-0.4, -0.2) is 42.4 Å². The molecule has 2 amide bonds. The molecule has 0 aliphatic rings. The molecule has 0 aliphatic carbocycles. The summed E-state index contributed by atoms with van der Waals surface area (Å²) in [5.41, 5.74) is 0.241. The summed E-state index contributed by atoms with van der Waals surface area (Å²) in [6.07, 6.45) is 0. The second-order valence-electron chi connectivity index (χ2n) is 7.94. The van der Waals surface area contributed by atoms with Gasteiger partial charge >= 0.3 is 5.69 Å². The summed E-state index contributed by atoms with van der Waals surface area (Å²) in [5, 5.41) is 35.2. The first-order chi connectivity index (χ1) is 16.7. The van der Waals surface area contributed by atoms with Crippen LogP contribution in [0.4, 0.5) is 11.4 Å². The SMILES string of the molecule is CCn1c(SCC(=O)Nc2ccc(O)c([N+](=O)[O-])c2)nnc1[C@H](NC(=O)c1ccccc1)C(C)C. The zero-order chi connectivity index (χ0) is 25.5. The van der Waals surface area contributed by atoms with Crippen LogP contribution in [0.3, 0.4) is 0 Å². The molecule has 3 N–H and O–H groups in total. The summed E-state index contributed by atoms with van der Waals surface area (Å²) in [6.45, 7) is 6.40. The van der Waals surface area contributed by atoms with E-state index in [1.165, 1.54) is 6.07 Å². The van der Waals surface area contributed by atoms with Gasteiger partial charge in [-0.1, -0.05) is 43.8 Å². The molecule has 0 spiro atoms. The number of nitrogens with one attached hydrogen (secondary N) is 2. The van der Waals surface area contributed by atoms with E-state index in [1.54, 1.807) is 24.3 Å². The number of hydrogen-bond acceptors (Lipinski definition) is 8. The fraction of sp³-hybridized carbons (Fsp3) is 0.304. The molecule has 3 rings (SSSR count). The number of anilines is 1. The lowest BCUT2D eigenvalue weighted by Gasteiger charge is -2.22. The summed E-state index contributed by atoms with van der Waals surface area (Å²) in [4.78, 5) is 35.4. The Hall–Kier alpha value is -3.93. The molecule has 1 aromatic heterocycles. The molecule has 0 radical (unpaired) electrons. The minimum atomic E-state index is -0.729. The number of nitrogens with zero attached hydrogens (tertiary/aromatic N) is 4. The molecule has 0 saturated heterocycles. The van der Waals surface area contributed by atoms with Crippen LogP contribution in [0.25, 0.3) is 0 Å². The summed E-state index contributed by atoms with van der Waals surface area (Å²) in [5.74, 6) is -0.501. The highest BCUT2D eigenvalue weighted by molar-refractivity contribution is 7.99. The van der Waals surface area contributed by atoms with E-state index in [1.807, 2.05) is 31.4 Å². The number of carbonyl (C=O) groups is 2. The summed E-state index contributed by atoms with van der Waals surface area (Å²) < 4.78 is 1.85. The Kier molecular flexibility index (Phi) is 8.42. The molecule has 1 atom stereocenters. The van der Waals surface area contributed by atoms with Crippen molar-refractivity contribution < 1.29 is 19.6 Å². The van der Waals surface area contributed by atoms with Gasteiger partial charge in [0.05, 0.1) is 16.7 Å². The van der Waals surface area contributed by atoms with Crippen molar-refractivity contribution in [3.05, 3.63) is 70.0 Å². The molecule has 11 nitrogen and oxygen atoms in total. The predicted octanol–water partition coefficient (Wildman–Crippen LogP) is 3.77. The number of phenolic OH excluding ortho intramolecular Hbond substituents is 1. The normalized spacial score (nSPS) is 11.8. The van der Waals surface area contributed by atoms with Crippen LogP contribution in [-0.2, 0) is 11.3 Å². The molecule has 0 saturated carbocycles. The zero-order valence-corrected chi connectivity index (χ0v) is 20.3. The summed E-state index contributed by atoms with van der Waals surface area (Å²) in [7, 11) is 0. The van der Waals surface area contributed by atoms with E-state index in [2.05, 4.69) is 20.8 Å². The van der Waals surface area contributed by atoms with Crippen LogP contribution in [0.5, 0.6) is 5.75 Å². The molecule has 3 aromatic rings. The molecule has 12 heteroatoms. The van der Waals surface area contributed by atoms with Crippen LogP contribution in [0.15, 0.2) is 53.7 Å². The quantitative estimate of drug-likeness (QED) is 0.165. The number of amides is 2. The average Bonchev–Trinajstić information content (AvgIpc) is 3.24. The highest BCUT2D eigenvalue weighted by atomic mass is 32.2. The molecule has 2 aromatic carbocycles. The number of aromatic nitrogens is 3. The second kappa shape index (κ2) is 11.5. The number of phenols is 1. The molecule has 184 valence electrons. The van der Waals surface area contributed by atoms with Crippen LogP contribution < -0.4 is 10.6 Å². The molecule has 0 unspecified atom stereocenters. The lowest BCUT2D eigenvalue weighted by molar-refractivity contribution is -0.385. The Balaban J connectivity index is 1.70. The standard InChI is InChI=1S/C23H26N6O5S/c1-4-28-21(20(14(2)3)25-22(32)15-8-6-5-7-9-15)26-27-23(28)35-13-19(31)24-16-10-11-18(30)17(12-16)29(33)34/h5-12,14,20,30H,4,13H2,1-3H3,(H,24,31)(H,25,32)/t20-/m1/s1. The molecular weight excluding hydrogens is 472 g/mol. The van der Waals surface area contributed by atoms with Gasteiger partial charge in [-0.25, -0.2) is 0 Å². The van der Waals surface area contributed by atoms with Crippen LogP contribution in [0.1, 0.15) is 43.0 Å². The van der Waals surface area contributed by atoms with E-state index in [-0.39, 0.29) is 23.3 Å². The Morgan fingerprint density at radius 3 is 2.51 bits per heavy atom. The third-order valence-electron chi connectivity index (χ3n) is 5.12. The van der Waals surface area contributed by atoms with Crippen molar-refractivity contribution >= 4 is 35.0 Å². The number of nitro groups is 1. The van der Waals surface area contributed by atoms with Crippen molar-refractivity contribution in [1.29, 1.82) is 0 Å². The van der Waals surface area contributed by atoms with Gasteiger partial charge < -0.3 is 20.3 Å². The van der Waals surface area contributed by atoms with E-state index in [0.717, 1.165) is 23.9 Å². The van der Waals surface area contributed by atoms with E-state index >= 15 is 0 Å². The highest BCUT2D eigenvalue weighted by Gasteiger charge is 2.26. The Morgan fingerprint density at radius 2 is 1.89 bits per heavy atom. The van der Waals surface area contributed by atoms with Crippen LogP contribution in [0.2, 0.25) is 0 Å². The smallest absolute Gasteiger partial charge is 0.312 e. The van der Waals surface area contributed by atoms with Gasteiger partial charge in [-0.2, -0.15) is 0 Å². The van der Waals surface area contributed by atoms with Crippen molar-refractivity contribution in [2.75, 3.05) is 11.1 Å². The highest BCUT2D eigenvalue weighted by Crippen LogP contribution is 2.29. The van der Waals surface area contributed by atoms with Gasteiger partial charge in [0.2, 0.25) is 5.91 Å². The maximum Gasteiger partial charge on any atom is 0.312 e. The van der Waals surface area contributed by atoms with Gasteiger partial charge in [0.25, 0.3) is 5.91 Å². The third-order valence-corrected chi connectivity index (χ3v) is 6.08. The van der Waals surface area contributed by atoms with Crippen molar-refractivity contribution in [3.63, 3.8) is 0 Å². The second-order valence-corrected chi connectivity index (χ2v) is 8.89. The van der Waals surface area contributed by atoms with Crippen molar-refractivity contribution in [3.8, 4) is 5.75 Å². The monoisotopic (exact) mass is 498 g/mol. The summed E-state index contributed by atoms with van der Waals surface area (Å²) >= 11 is 1.16. The number of hydrogen-bond donors (Lipinski definition) is 3. The topological polar surface area (TPSA) is 152 Å². The van der Waals surface area contributed by atoms with E-state index in [9.17, 15) is 24.8 Å². The number of nitro benzene ring substituents is 1. The minimum Gasteiger partial charge on any atom is -0.502 e. The first-order valence-corrected chi connectivity index (χ1v) is 11.9. The van der Waals surface area contributed by atoms with E-state index in [0.29, 0.717) is 23.1 Å². The van der Waals surface area contributed by atoms with Gasteiger partial charge in [-0.3, -0.25) is 19.7 Å². The fourth-order valence-corrected chi connectivity index (χ4v) is 4.16. The van der Waals surface area contributed by atoms with Crippen molar-refractivity contribution in [1.82, 2.24) is 20.1 Å². The van der Waals surface area contributed by atoms with E-state index < -0.39 is 28.3 Å². The fourth-order valence-electron chi connectivity index (χ4n) is 3.35. The minimum absolute atomic E-state index is 0.0183. The first-order valence-electron chi connectivity index (χ1n) is 10.9. The van der Waals surface area contributed by atoms with Crippen LogP contribution >= 0.6 is 11.8 Å². The van der Waals surface area contributed by atoms with E-state index in [4.69, 9.17) is 0 Å². The molecule has 0 bridgehead atoms. The largest absolute Gasteiger partial charge is 0.502 e. The van der Waals surface area contributed by atoms with Gasteiger partial charge in [0.1, 0.15) is 0 Å². The van der Waals surface area contributed by atoms with Gasteiger partial charge in [-0.05, 0) is 37.1 Å². The number of benzene rings is 2. The molecule has 0 aliphatic heterocycles. The van der Waals surface area contributed by atoms with Crippen molar-refractivity contribution in [2.45, 2.75) is 38.5 Å². The lowest BCUT2D eigenvalue weighted by atomic mass is 10.0. The maximum atomic E-state index is 12.7. The molecule has 1 heterocycles. The van der Waals surface area contributed by atoms with Crippen LogP contribution in [0, 0.1) is 16.0 Å². The number of aromatic hydroxyl groups is 1. The lowest BCUT2D eigenvalue weighted by Crippen LogP contribution is -2.33. The Morgan fingerprint density at radius 1 is 1.17 bits per heavy atom. The van der Waals surface area contributed by atoms with Crippen molar-refractivity contribution in [2.24, 2.45) is 5.92 Å². The van der Waals surface area contributed by atoms with Gasteiger partial charge in [0.15, 0.2) is 16.7 Å². The molecule has 35 heavy (non-hydrogen) atoms. The number of rotatable bonds is 10. The van der Waals surface area contributed by atoms with Gasteiger partial charge in [-0.15, -0.1) is 10.2 Å². The Labute approximate surface area is 206 Å². The molecule has 0 fully saturated rings. The first kappa shape index (κ1) is 25.7. The predicted molar refractivity (Wildman–Crippen MR) is 131 cm³/mol. The number of thioether (sulfide) groups is 1. The molecular formula is C23H26N6O5S. The number of carbonyl (C=O) groups excluding carboxylic acids is 2. The van der Waals surface area contributed by atoms with Gasteiger partial charge in [0, 0.05) is 23.9 Å². The Bertz CT molecular complexity index is 1210. The average molecular weight is 499 g/mol. The third kappa shape index (κ3) is 6.35. The summed E-state index contributed by atoms with van der Waals surface area (Å²) in [6, 6.07) is 12.1. The zero-order valence-electron chi connectivity index (χ0n) is 19.5. The maximum absolute atomic E-state index is 12.7.